The standard InChI is InChI=1S/C14H22.C12H19N.C12H18.C11H13F3.C11H13N.C11H16O.C10H14/c1-13(2,3)11-7-9-12(10-8-11)14(4,5)6;1-12(2,3)10-6-8-11(9-7-10)13(4)5;1-9-6-10(2)8-11(7-9)12(3,4)5;1-10(2,3)8-4-6-9(7-5-8)11(12,13)14;1-11(2,3)10-6-4-9(8-12)5-7-10;1-11(2,3)9-5-7-10(12-4)8-6-9;1-10(2,3)9-7-5-4-6-8-9/h7-10H,1-6H3;6-9H,1-5H3;6-8H,1-5H3;4-7H,1-3H3;4-7H,1-3H3;5-8H,1-4H3;4-8H,1-3H3. The molecule has 87 heavy (non-hydrogen) atoms. The normalized spacial score (nSPS) is 11.9. The highest BCUT2D eigenvalue weighted by atomic mass is 19.4. The Morgan fingerprint density at radius 1 is 0.322 bits per heavy atom. The number of hydrogen-bond acceptors (Lipinski definition) is 3. The number of alkyl halides is 3. The fourth-order valence-corrected chi connectivity index (χ4v) is 8.37. The second-order valence-electron chi connectivity index (χ2n) is 31.3. The van der Waals surface area contributed by atoms with Gasteiger partial charge < -0.3 is 9.64 Å². The summed E-state index contributed by atoms with van der Waals surface area (Å²) in [4.78, 5) is 2.12. The molecule has 0 saturated heterocycles. The molecule has 0 bridgehead atoms. The van der Waals surface area contributed by atoms with Crippen LogP contribution in [0.15, 0.2) is 170 Å². The third-order valence-electron chi connectivity index (χ3n) is 14.5. The van der Waals surface area contributed by atoms with Crippen molar-refractivity contribution in [3.8, 4) is 11.8 Å². The van der Waals surface area contributed by atoms with Gasteiger partial charge in [0.1, 0.15) is 5.75 Å². The number of nitrogens with zero attached hydrogens (tertiary/aromatic N) is 2. The van der Waals surface area contributed by atoms with Gasteiger partial charge in [-0.3, -0.25) is 0 Å². The molecule has 7 aromatic carbocycles. The largest absolute Gasteiger partial charge is 0.497 e. The summed E-state index contributed by atoms with van der Waals surface area (Å²) in [6.45, 7) is 56.9. The number of nitriles is 1. The number of aryl methyl sites for hydroxylation is 2. The Hall–Kier alpha value is -6.58. The van der Waals surface area contributed by atoms with Crippen molar-refractivity contribution in [2.45, 2.75) is 230 Å². The molecule has 0 aliphatic carbocycles. The fraction of sp³-hybridized carbons (Fsp3) is 0.469. The van der Waals surface area contributed by atoms with Crippen LogP contribution in [-0.2, 0) is 49.5 Å². The second-order valence-corrected chi connectivity index (χ2v) is 31.3. The maximum atomic E-state index is 12.2. The Kier molecular flexibility index (Phi) is 29.4. The van der Waals surface area contributed by atoms with Crippen LogP contribution in [0.3, 0.4) is 0 Å². The third kappa shape index (κ3) is 30.3. The molecule has 0 unspecified atom stereocenters. The molecule has 0 radical (unpaired) electrons. The minimum absolute atomic E-state index is 0.107. The summed E-state index contributed by atoms with van der Waals surface area (Å²) in [5.74, 6) is 0.919. The summed E-state index contributed by atoms with van der Waals surface area (Å²) in [5, 5.41) is 8.58. The zero-order valence-electron chi connectivity index (χ0n) is 59.6. The Morgan fingerprint density at radius 2 is 0.563 bits per heavy atom. The fourth-order valence-electron chi connectivity index (χ4n) is 8.37. The molecule has 0 spiro atoms. The Bertz CT molecular complexity index is 2930. The lowest BCUT2D eigenvalue weighted by molar-refractivity contribution is -0.137. The molecule has 476 valence electrons. The van der Waals surface area contributed by atoms with Crippen molar-refractivity contribution in [3.05, 3.63) is 237 Å². The number of ether oxygens (including phenoxy) is 1. The minimum Gasteiger partial charge on any atom is -0.497 e. The van der Waals surface area contributed by atoms with Crippen molar-refractivity contribution in [1.82, 2.24) is 0 Å². The molecule has 0 aromatic heterocycles. The first-order chi connectivity index (χ1) is 39.4. The van der Waals surface area contributed by atoms with Crippen LogP contribution < -0.4 is 9.64 Å². The third-order valence-corrected chi connectivity index (χ3v) is 14.5. The molecule has 0 heterocycles. The topological polar surface area (TPSA) is 36.3 Å². The highest BCUT2D eigenvalue weighted by Crippen LogP contribution is 2.33. The predicted molar refractivity (Wildman–Crippen MR) is 375 cm³/mol. The summed E-state index contributed by atoms with van der Waals surface area (Å²) < 4.78 is 41.7. The van der Waals surface area contributed by atoms with E-state index in [0.717, 1.165) is 29.0 Å². The van der Waals surface area contributed by atoms with E-state index in [0.29, 0.717) is 5.41 Å². The summed E-state index contributed by atoms with van der Waals surface area (Å²) in [7, 11) is 5.81. The molecule has 7 aromatic rings. The van der Waals surface area contributed by atoms with Crippen LogP contribution in [0.2, 0.25) is 0 Å². The quantitative estimate of drug-likeness (QED) is 0.173. The van der Waals surface area contributed by atoms with E-state index in [1.54, 1.807) is 7.11 Å². The van der Waals surface area contributed by atoms with Crippen molar-refractivity contribution in [1.29, 1.82) is 5.26 Å². The van der Waals surface area contributed by atoms with Crippen LogP contribution in [0.4, 0.5) is 18.9 Å². The van der Waals surface area contributed by atoms with E-state index < -0.39 is 11.7 Å². The van der Waals surface area contributed by atoms with Gasteiger partial charge in [-0.2, -0.15) is 18.4 Å². The summed E-state index contributed by atoms with van der Waals surface area (Å²) in [5.41, 5.74) is 16.3. The maximum absolute atomic E-state index is 12.2. The van der Waals surface area contributed by atoms with Gasteiger partial charge in [-0.15, -0.1) is 0 Å². The Labute approximate surface area is 530 Å². The molecule has 0 saturated carbocycles. The molecule has 0 aliphatic heterocycles. The maximum Gasteiger partial charge on any atom is 0.416 e. The Balaban J connectivity index is 0.000000509. The van der Waals surface area contributed by atoms with Crippen LogP contribution >= 0.6 is 0 Å². The van der Waals surface area contributed by atoms with Gasteiger partial charge >= 0.3 is 6.18 Å². The first kappa shape index (κ1) is 78.4. The first-order valence-corrected chi connectivity index (χ1v) is 30.8. The summed E-state index contributed by atoms with van der Waals surface area (Å²) in [6, 6.07) is 58.4. The van der Waals surface area contributed by atoms with Crippen LogP contribution in [0.25, 0.3) is 0 Å². The van der Waals surface area contributed by atoms with E-state index in [4.69, 9.17) is 10.00 Å². The molecule has 0 aliphatic rings. The average molecular weight is 1190 g/mol. The number of methoxy groups -OCH3 is 1. The molecule has 6 heteroatoms. The van der Waals surface area contributed by atoms with E-state index in [1.165, 1.54) is 67.9 Å². The van der Waals surface area contributed by atoms with Crippen molar-refractivity contribution < 1.29 is 17.9 Å². The molecular weight excluding hydrogens is 1070 g/mol. The smallest absolute Gasteiger partial charge is 0.416 e. The minimum atomic E-state index is -4.24. The molecule has 7 rings (SSSR count). The van der Waals surface area contributed by atoms with Crippen LogP contribution in [0.5, 0.6) is 5.75 Å². The van der Waals surface area contributed by atoms with Crippen LogP contribution in [-0.4, -0.2) is 21.2 Å². The Morgan fingerprint density at radius 3 is 0.793 bits per heavy atom. The van der Waals surface area contributed by atoms with Crippen molar-refractivity contribution in [3.63, 3.8) is 0 Å². The van der Waals surface area contributed by atoms with Crippen LogP contribution in [0, 0.1) is 25.2 Å². The predicted octanol–water partition coefficient (Wildman–Crippen LogP) is 23.8. The van der Waals surface area contributed by atoms with E-state index in [2.05, 4.69) is 294 Å². The van der Waals surface area contributed by atoms with E-state index >= 15 is 0 Å². The van der Waals surface area contributed by atoms with Gasteiger partial charge in [0, 0.05) is 19.8 Å². The van der Waals surface area contributed by atoms with E-state index in [-0.39, 0.29) is 37.9 Å². The molecule has 0 atom stereocenters. The lowest BCUT2D eigenvalue weighted by Crippen LogP contribution is -2.14. The number of hydrogen-bond donors (Lipinski definition) is 0. The molecule has 0 amide bonds. The first-order valence-electron chi connectivity index (χ1n) is 30.8. The van der Waals surface area contributed by atoms with Crippen molar-refractivity contribution in [2.75, 3.05) is 26.1 Å². The lowest BCUT2D eigenvalue weighted by atomic mass is 9.82. The van der Waals surface area contributed by atoms with Gasteiger partial charge in [0.25, 0.3) is 0 Å². The van der Waals surface area contributed by atoms with E-state index in [9.17, 15) is 13.2 Å². The summed E-state index contributed by atoms with van der Waals surface area (Å²) >= 11 is 0. The second kappa shape index (κ2) is 32.6. The highest BCUT2D eigenvalue weighted by molar-refractivity contribution is 5.47. The van der Waals surface area contributed by atoms with Crippen molar-refractivity contribution in [2.24, 2.45) is 0 Å². The SMILES string of the molecule is CC(C)(C)c1ccc(C#N)cc1.CC(C)(C)c1ccc(C(C)(C)C)cc1.CC(C)(C)c1ccc(C(F)(F)F)cc1.CC(C)(C)c1ccccc1.CN(C)c1ccc(C(C)(C)C)cc1.COc1ccc(C(C)(C)C)cc1.Cc1cc(C)cc(C(C)(C)C)c1. The van der Waals surface area contributed by atoms with Gasteiger partial charge in [-0.25, -0.2) is 0 Å². The highest BCUT2D eigenvalue weighted by Gasteiger charge is 2.30. The number of halogens is 3. The van der Waals surface area contributed by atoms with Gasteiger partial charge in [0.15, 0.2) is 0 Å². The molecule has 0 fully saturated rings. The summed E-state index contributed by atoms with van der Waals surface area (Å²) in [6.07, 6.45) is -4.24. The number of benzene rings is 7. The lowest BCUT2D eigenvalue weighted by Gasteiger charge is -2.23. The average Bonchev–Trinajstić information content (AvgIpc) is 3.38. The van der Waals surface area contributed by atoms with Gasteiger partial charge in [-0.05, 0) is 150 Å². The number of anilines is 1. The number of rotatable bonds is 2. The molecule has 0 N–H and O–H groups in total. The molecular formula is C81H115F3N2O. The van der Waals surface area contributed by atoms with Crippen molar-refractivity contribution >= 4 is 5.69 Å². The van der Waals surface area contributed by atoms with Gasteiger partial charge in [-0.1, -0.05) is 299 Å². The van der Waals surface area contributed by atoms with Gasteiger partial charge in [0.05, 0.1) is 24.3 Å². The van der Waals surface area contributed by atoms with E-state index in [1.807, 2.05) is 57.2 Å². The zero-order chi connectivity index (χ0) is 67.4. The zero-order valence-corrected chi connectivity index (χ0v) is 59.6. The molecule has 3 nitrogen and oxygen atoms in total. The van der Waals surface area contributed by atoms with Gasteiger partial charge in [0.2, 0.25) is 0 Å². The van der Waals surface area contributed by atoms with Crippen LogP contribution in [0.1, 0.15) is 233 Å². The monoisotopic (exact) mass is 1190 g/mol.